The standard InChI is InChI=1S/C19H20N2O3S/c1-11-6-5-7-12(2)17(11)23-10-15-8-9-16(24-15)18(22)21-19-20-13(3)14(4)25-19/h5-9H,10H2,1-4H3,(H,20,21,22). The summed E-state index contributed by atoms with van der Waals surface area (Å²) >= 11 is 1.45. The number of ether oxygens (including phenoxy) is 1. The number of aryl methyl sites for hydroxylation is 4. The molecule has 0 aliphatic carbocycles. The molecule has 6 heteroatoms. The van der Waals surface area contributed by atoms with Crippen molar-refractivity contribution in [2.75, 3.05) is 5.32 Å². The number of thiazole rings is 1. The SMILES string of the molecule is Cc1cccc(C)c1OCc1ccc(C(=O)Nc2nc(C)c(C)s2)o1. The van der Waals surface area contributed by atoms with E-state index in [1.165, 1.54) is 11.3 Å². The predicted molar refractivity (Wildman–Crippen MR) is 98.5 cm³/mol. The van der Waals surface area contributed by atoms with Gasteiger partial charge in [0.25, 0.3) is 5.91 Å². The van der Waals surface area contributed by atoms with Crippen molar-refractivity contribution in [2.45, 2.75) is 34.3 Å². The molecule has 0 saturated heterocycles. The number of carbonyl (C=O) groups is 1. The summed E-state index contributed by atoms with van der Waals surface area (Å²) in [5.74, 6) is 1.37. The number of furan rings is 1. The molecule has 130 valence electrons. The van der Waals surface area contributed by atoms with E-state index in [0.717, 1.165) is 27.4 Å². The van der Waals surface area contributed by atoms with Crippen LogP contribution in [-0.2, 0) is 6.61 Å². The summed E-state index contributed by atoms with van der Waals surface area (Å²) in [6.07, 6.45) is 0. The van der Waals surface area contributed by atoms with E-state index in [9.17, 15) is 4.79 Å². The van der Waals surface area contributed by atoms with Crippen molar-refractivity contribution < 1.29 is 13.9 Å². The minimum Gasteiger partial charge on any atom is -0.485 e. The van der Waals surface area contributed by atoms with Crippen LogP contribution in [0, 0.1) is 27.7 Å². The Hall–Kier alpha value is -2.60. The van der Waals surface area contributed by atoms with Gasteiger partial charge in [0.2, 0.25) is 0 Å². The van der Waals surface area contributed by atoms with Crippen LogP contribution in [0.2, 0.25) is 0 Å². The minimum absolute atomic E-state index is 0.241. The van der Waals surface area contributed by atoms with E-state index in [2.05, 4.69) is 10.3 Å². The number of hydrogen-bond acceptors (Lipinski definition) is 5. The van der Waals surface area contributed by atoms with Crippen LogP contribution in [0.1, 0.15) is 38.0 Å². The molecule has 0 spiro atoms. The average molecular weight is 356 g/mol. The second-order valence-corrected chi connectivity index (χ2v) is 7.09. The first-order valence-electron chi connectivity index (χ1n) is 7.97. The molecule has 0 aliphatic rings. The molecule has 1 amide bonds. The third-order valence-electron chi connectivity index (χ3n) is 3.90. The molecule has 0 atom stereocenters. The number of aromatic nitrogens is 1. The molecule has 25 heavy (non-hydrogen) atoms. The van der Waals surface area contributed by atoms with E-state index in [0.29, 0.717) is 10.9 Å². The molecular weight excluding hydrogens is 336 g/mol. The lowest BCUT2D eigenvalue weighted by Crippen LogP contribution is -2.10. The van der Waals surface area contributed by atoms with Gasteiger partial charge in [-0.3, -0.25) is 10.1 Å². The highest BCUT2D eigenvalue weighted by molar-refractivity contribution is 7.15. The molecule has 1 aromatic carbocycles. The Bertz CT molecular complexity index is 872. The van der Waals surface area contributed by atoms with Crippen molar-refractivity contribution in [1.82, 2.24) is 4.98 Å². The first-order chi connectivity index (χ1) is 11.9. The lowest BCUT2D eigenvalue weighted by atomic mass is 10.1. The normalized spacial score (nSPS) is 10.7. The van der Waals surface area contributed by atoms with Gasteiger partial charge in [0, 0.05) is 4.88 Å². The van der Waals surface area contributed by atoms with E-state index in [1.807, 2.05) is 45.9 Å². The van der Waals surface area contributed by atoms with Crippen LogP contribution in [0.5, 0.6) is 5.75 Å². The molecule has 0 saturated carbocycles. The van der Waals surface area contributed by atoms with Gasteiger partial charge in [0.05, 0.1) is 5.69 Å². The molecule has 1 N–H and O–H groups in total. The number of carbonyl (C=O) groups excluding carboxylic acids is 1. The van der Waals surface area contributed by atoms with Gasteiger partial charge < -0.3 is 9.15 Å². The van der Waals surface area contributed by atoms with Crippen molar-refractivity contribution in [3.8, 4) is 5.75 Å². The largest absolute Gasteiger partial charge is 0.485 e. The zero-order valence-corrected chi connectivity index (χ0v) is 15.5. The van der Waals surface area contributed by atoms with Crippen molar-refractivity contribution in [2.24, 2.45) is 0 Å². The van der Waals surface area contributed by atoms with Gasteiger partial charge in [-0.15, -0.1) is 11.3 Å². The fourth-order valence-corrected chi connectivity index (χ4v) is 3.24. The van der Waals surface area contributed by atoms with Gasteiger partial charge in [0.1, 0.15) is 18.1 Å². The molecule has 0 unspecified atom stereocenters. The molecule has 3 rings (SSSR count). The van der Waals surface area contributed by atoms with E-state index in [1.54, 1.807) is 12.1 Å². The summed E-state index contributed by atoms with van der Waals surface area (Å²) in [6, 6.07) is 9.39. The topological polar surface area (TPSA) is 64.4 Å². The Morgan fingerprint density at radius 3 is 2.52 bits per heavy atom. The van der Waals surface area contributed by atoms with E-state index < -0.39 is 0 Å². The second-order valence-electron chi connectivity index (χ2n) is 5.89. The van der Waals surface area contributed by atoms with Crippen LogP contribution in [0.4, 0.5) is 5.13 Å². The van der Waals surface area contributed by atoms with Crippen molar-refractivity contribution >= 4 is 22.4 Å². The van der Waals surface area contributed by atoms with Crippen molar-refractivity contribution in [1.29, 1.82) is 0 Å². The zero-order valence-electron chi connectivity index (χ0n) is 14.7. The van der Waals surface area contributed by atoms with Crippen LogP contribution >= 0.6 is 11.3 Å². The number of nitrogens with one attached hydrogen (secondary N) is 1. The van der Waals surface area contributed by atoms with E-state index in [4.69, 9.17) is 9.15 Å². The number of nitrogens with zero attached hydrogens (tertiary/aromatic N) is 1. The lowest BCUT2D eigenvalue weighted by molar-refractivity contribution is 0.0992. The van der Waals surface area contributed by atoms with Gasteiger partial charge >= 0.3 is 0 Å². The van der Waals surface area contributed by atoms with Crippen LogP contribution in [0.15, 0.2) is 34.7 Å². The Morgan fingerprint density at radius 2 is 1.88 bits per heavy atom. The van der Waals surface area contributed by atoms with Gasteiger partial charge in [-0.05, 0) is 51.0 Å². The first-order valence-corrected chi connectivity index (χ1v) is 8.79. The highest BCUT2D eigenvalue weighted by Crippen LogP contribution is 2.24. The molecule has 5 nitrogen and oxygen atoms in total. The quantitative estimate of drug-likeness (QED) is 0.713. The van der Waals surface area contributed by atoms with Crippen LogP contribution in [0.25, 0.3) is 0 Å². The van der Waals surface area contributed by atoms with E-state index >= 15 is 0 Å². The highest BCUT2D eigenvalue weighted by Gasteiger charge is 2.14. The molecular formula is C19H20N2O3S. The molecule has 0 radical (unpaired) electrons. The Balaban J connectivity index is 1.65. The summed E-state index contributed by atoms with van der Waals surface area (Å²) < 4.78 is 11.4. The van der Waals surface area contributed by atoms with Gasteiger partial charge in [-0.2, -0.15) is 0 Å². The van der Waals surface area contributed by atoms with Crippen LogP contribution in [0.3, 0.4) is 0 Å². The Kier molecular flexibility index (Phi) is 4.90. The number of benzene rings is 1. The summed E-state index contributed by atoms with van der Waals surface area (Å²) in [6.45, 7) is 8.16. The Morgan fingerprint density at radius 1 is 1.16 bits per heavy atom. The highest BCUT2D eigenvalue weighted by atomic mass is 32.1. The van der Waals surface area contributed by atoms with Crippen LogP contribution in [-0.4, -0.2) is 10.9 Å². The number of anilines is 1. The number of hydrogen-bond donors (Lipinski definition) is 1. The number of rotatable bonds is 5. The third-order valence-corrected chi connectivity index (χ3v) is 4.89. The first kappa shape index (κ1) is 17.2. The van der Waals surface area contributed by atoms with Gasteiger partial charge in [-0.25, -0.2) is 4.98 Å². The second kappa shape index (κ2) is 7.11. The maximum atomic E-state index is 12.3. The number of para-hydroxylation sites is 1. The zero-order chi connectivity index (χ0) is 18.0. The summed E-state index contributed by atoms with van der Waals surface area (Å²) in [7, 11) is 0. The van der Waals surface area contributed by atoms with Gasteiger partial charge in [0.15, 0.2) is 10.9 Å². The molecule has 3 aromatic rings. The Labute approximate surface area is 150 Å². The minimum atomic E-state index is -0.313. The summed E-state index contributed by atoms with van der Waals surface area (Å²) in [5, 5.41) is 3.33. The predicted octanol–water partition coefficient (Wildman–Crippen LogP) is 4.80. The van der Waals surface area contributed by atoms with Crippen molar-refractivity contribution in [3.05, 3.63) is 63.6 Å². The fourth-order valence-electron chi connectivity index (χ4n) is 2.43. The summed E-state index contributed by atoms with van der Waals surface area (Å²) in [4.78, 5) is 17.6. The summed E-state index contributed by atoms with van der Waals surface area (Å²) in [5.41, 5.74) is 3.06. The molecule has 0 bridgehead atoms. The average Bonchev–Trinajstić information content (AvgIpc) is 3.14. The lowest BCUT2D eigenvalue weighted by Gasteiger charge is -2.10. The van der Waals surface area contributed by atoms with Gasteiger partial charge in [-0.1, -0.05) is 18.2 Å². The third kappa shape index (κ3) is 3.91. The van der Waals surface area contributed by atoms with Crippen molar-refractivity contribution in [3.63, 3.8) is 0 Å². The maximum absolute atomic E-state index is 12.3. The fraction of sp³-hybridized carbons (Fsp3) is 0.263. The smallest absolute Gasteiger partial charge is 0.293 e. The monoisotopic (exact) mass is 356 g/mol. The maximum Gasteiger partial charge on any atom is 0.293 e. The molecule has 2 aromatic heterocycles. The van der Waals surface area contributed by atoms with Crippen LogP contribution < -0.4 is 10.1 Å². The van der Waals surface area contributed by atoms with E-state index in [-0.39, 0.29) is 18.3 Å². The number of amides is 1. The molecule has 0 aliphatic heterocycles. The molecule has 2 heterocycles. The molecule has 0 fully saturated rings.